The van der Waals surface area contributed by atoms with Crippen LogP contribution in [-0.4, -0.2) is 78.9 Å². The molecule has 9 heteroatoms. The predicted molar refractivity (Wildman–Crippen MR) is 126 cm³/mol. The Hall–Kier alpha value is -3.10. The van der Waals surface area contributed by atoms with Gasteiger partial charge in [-0.05, 0) is 37.5 Å². The quantitative estimate of drug-likeness (QED) is 0.462. The minimum absolute atomic E-state index is 0.0352. The number of carbonyl (C=O) groups is 4. The molecule has 1 heterocycles. The normalized spacial score (nSPS) is 15.5. The maximum atomic E-state index is 12.9. The molecular weight excluding hydrogens is 424 g/mol. The summed E-state index contributed by atoms with van der Waals surface area (Å²) in [5, 5.41) is 5.75. The highest BCUT2D eigenvalue weighted by Crippen LogP contribution is 2.15. The van der Waals surface area contributed by atoms with Crippen LogP contribution in [0.15, 0.2) is 24.3 Å². The zero-order chi connectivity index (χ0) is 24.2. The van der Waals surface area contributed by atoms with Gasteiger partial charge in [0.25, 0.3) is 5.91 Å². The third-order valence-electron chi connectivity index (χ3n) is 5.31. The van der Waals surface area contributed by atoms with Gasteiger partial charge in [-0.1, -0.05) is 26.8 Å². The van der Waals surface area contributed by atoms with Crippen molar-refractivity contribution in [1.82, 2.24) is 15.1 Å². The van der Waals surface area contributed by atoms with Crippen LogP contribution >= 0.6 is 0 Å². The third-order valence-corrected chi connectivity index (χ3v) is 5.31. The van der Waals surface area contributed by atoms with E-state index >= 15 is 0 Å². The predicted octanol–water partition coefficient (Wildman–Crippen LogP) is 2.03. The van der Waals surface area contributed by atoms with Gasteiger partial charge in [0.2, 0.25) is 11.8 Å². The summed E-state index contributed by atoms with van der Waals surface area (Å²) in [6.07, 6.45) is 2.28. The van der Waals surface area contributed by atoms with Crippen molar-refractivity contribution in [3.63, 3.8) is 0 Å². The van der Waals surface area contributed by atoms with E-state index in [-0.39, 0.29) is 37.3 Å². The number of piperazine rings is 1. The molecule has 1 unspecified atom stereocenters. The van der Waals surface area contributed by atoms with E-state index in [1.165, 1.54) is 4.90 Å². The fourth-order valence-electron chi connectivity index (χ4n) is 3.73. The van der Waals surface area contributed by atoms with Crippen LogP contribution < -0.4 is 10.6 Å². The molecule has 2 rings (SSSR count). The van der Waals surface area contributed by atoms with Crippen LogP contribution in [0.3, 0.4) is 0 Å². The van der Waals surface area contributed by atoms with E-state index in [9.17, 15) is 19.2 Å². The lowest BCUT2D eigenvalue weighted by Crippen LogP contribution is -2.58. The van der Waals surface area contributed by atoms with Crippen LogP contribution in [0.1, 0.15) is 56.8 Å². The van der Waals surface area contributed by atoms with E-state index in [1.807, 2.05) is 25.7 Å². The highest BCUT2D eigenvalue weighted by molar-refractivity contribution is 5.96. The molecule has 2 N–H and O–H groups in total. The summed E-state index contributed by atoms with van der Waals surface area (Å²) < 4.78 is 5.08. The fraction of sp³-hybridized carbons (Fsp3) is 0.583. The molecule has 1 aromatic carbocycles. The number of esters is 1. The SMILES string of the molecule is CCCOC(=O)CC1C(=O)NCCN1C(=O)CNc1cccc(C(=O)N(CCC)CCC)c1. The minimum atomic E-state index is -0.887. The molecule has 9 nitrogen and oxygen atoms in total. The van der Waals surface area contributed by atoms with Gasteiger partial charge in [-0.2, -0.15) is 0 Å². The van der Waals surface area contributed by atoms with Gasteiger partial charge in [0.05, 0.1) is 19.6 Å². The lowest BCUT2D eigenvalue weighted by molar-refractivity contribution is -0.151. The Morgan fingerprint density at radius 3 is 2.55 bits per heavy atom. The second kappa shape index (κ2) is 13.4. The molecule has 33 heavy (non-hydrogen) atoms. The fourth-order valence-corrected chi connectivity index (χ4v) is 3.73. The Morgan fingerprint density at radius 1 is 1.15 bits per heavy atom. The molecule has 0 aromatic heterocycles. The Morgan fingerprint density at radius 2 is 1.88 bits per heavy atom. The van der Waals surface area contributed by atoms with Crippen molar-refractivity contribution in [2.75, 3.05) is 44.6 Å². The van der Waals surface area contributed by atoms with E-state index in [2.05, 4.69) is 10.6 Å². The summed E-state index contributed by atoms with van der Waals surface area (Å²) in [4.78, 5) is 53.3. The third kappa shape index (κ3) is 7.76. The number of benzene rings is 1. The summed E-state index contributed by atoms with van der Waals surface area (Å²) in [6, 6.07) is 6.17. The molecule has 1 atom stereocenters. The molecule has 1 aliphatic heterocycles. The van der Waals surface area contributed by atoms with E-state index in [0.717, 1.165) is 12.8 Å². The van der Waals surface area contributed by atoms with Gasteiger partial charge in [0.1, 0.15) is 6.04 Å². The first-order valence-electron chi connectivity index (χ1n) is 11.8. The number of rotatable bonds is 12. The minimum Gasteiger partial charge on any atom is -0.466 e. The molecule has 0 radical (unpaired) electrons. The number of ether oxygens (including phenoxy) is 1. The topological polar surface area (TPSA) is 108 Å². The van der Waals surface area contributed by atoms with Crippen LogP contribution in [0, 0.1) is 0 Å². The molecule has 182 valence electrons. The van der Waals surface area contributed by atoms with Crippen molar-refractivity contribution in [2.45, 2.75) is 52.5 Å². The number of carbonyl (C=O) groups excluding carboxylic acids is 4. The number of amides is 3. The Labute approximate surface area is 195 Å². The number of anilines is 1. The summed E-state index contributed by atoms with van der Waals surface area (Å²) >= 11 is 0. The standard InChI is InChI=1S/C24H36N4O5/c1-4-11-27(12-5-2)24(32)18-8-7-9-19(15-18)26-17-21(29)28-13-10-25-23(31)20(28)16-22(30)33-14-6-3/h7-9,15,20,26H,4-6,10-14,16-17H2,1-3H3,(H,25,31). The van der Waals surface area contributed by atoms with E-state index in [4.69, 9.17) is 4.74 Å². The zero-order valence-corrected chi connectivity index (χ0v) is 19.9. The van der Waals surface area contributed by atoms with Crippen molar-refractivity contribution in [3.8, 4) is 0 Å². The number of hydrogen-bond acceptors (Lipinski definition) is 6. The highest BCUT2D eigenvalue weighted by atomic mass is 16.5. The van der Waals surface area contributed by atoms with Gasteiger partial charge >= 0.3 is 5.97 Å². The molecule has 1 saturated heterocycles. The van der Waals surface area contributed by atoms with E-state index in [1.54, 1.807) is 24.3 Å². The average Bonchev–Trinajstić information content (AvgIpc) is 2.82. The van der Waals surface area contributed by atoms with Gasteiger partial charge in [0, 0.05) is 37.4 Å². The van der Waals surface area contributed by atoms with Gasteiger partial charge < -0.3 is 25.2 Å². The van der Waals surface area contributed by atoms with Crippen LogP contribution in [0.5, 0.6) is 0 Å². The number of hydrogen-bond donors (Lipinski definition) is 2. The summed E-state index contributed by atoms with van der Waals surface area (Å²) in [5.41, 5.74) is 1.20. The number of nitrogens with zero attached hydrogens (tertiary/aromatic N) is 2. The maximum Gasteiger partial charge on any atom is 0.308 e. The van der Waals surface area contributed by atoms with E-state index < -0.39 is 12.0 Å². The first kappa shape index (κ1) is 26.2. The Bertz CT molecular complexity index is 823. The molecule has 0 spiro atoms. The van der Waals surface area contributed by atoms with Gasteiger partial charge in [-0.25, -0.2) is 0 Å². The van der Waals surface area contributed by atoms with Crippen LogP contribution in [0.4, 0.5) is 5.69 Å². The monoisotopic (exact) mass is 460 g/mol. The van der Waals surface area contributed by atoms with Crippen LogP contribution in [0.25, 0.3) is 0 Å². The largest absolute Gasteiger partial charge is 0.466 e. The van der Waals surface area contributed by atoms with Crippen molar-refractivity contribution < 1.29 is 23.9 Å². The molecule has 1 fully saturated rings. The second-order valence-electron chi connectivity index (χ2n) is 8.05. The first-order valence-corrected chi connectivity index (χ1v) is 11.8. The molecule has 1 aromatic rings. The number of nitrogens with one attached hydrogen (secondary N) is 2. The Kier molecular flexibility index (Phi) is 10.7. The van der Waals surface area contributed by atoms with Crippen molar-refractivity contribution in [2.24, 2.45) is 0 Å². The summed E-state index contributed by atoms with van der Waals surface area (Å²) in [6.45, 7) is 8.23. The highest BCUT2D eigenvalue weighted by Gasteiger charge is 2.34. The van der Waals surface area contributed by atoms with Gasteiger partial charge in [-0.3, -0.25) is 19.2 Å². The van der Waals surface area contributed by atoms with E-state index in [0.29, 0.717) is 43.9 Å². The molecule has 3 amide bonds. The lowest BCUT2D eigenvalue weighted by Gasteiger charge is -2.34. The van der Waals surface area contributed by atoms with Crippen molar-refractivity contribution in [3.05, 3.63) is 29.8 Å². The Balaban J connectivity index is 2.02. The zero-order valence-electron chi connectivity index (χ0n) is 19.9. The van der Waals surface area contributed by atoms with Gasteiger partial charge in [0.15, 0.2) is 0 Å². The van der Waals surface area contributed by atoms with Crippen LogP contribution in [0.2, 0.25) is 0 Å². The van der Waals surface area contributed by atoms with Gasteiger partial charge in [-0.15, -0.1) is 0 Å². The van der Waals surface area contributed by atoms with Crippen molar-refractivity contribution >= 4 is 29.4 Å². The molecule has 1 aliphatic rings. The first-order chi connectivity index (χ1) is 15.9. The van der Waals surface area contributed by atoms with Crippen LogP contribution in [-0.2, 0) is 19.1 Å². The molecule has 0 aliphatic carbocycles. The summed E-state index contributed by atoms with van der Waals surface area (Å²) in [5.74, 6) is -1.19. The average molecular weight is 461 g/mol. The molecule has 0 bridgehead atoms. The summed E-state index contributed by atoms with van der Waals surface area (Å²) in [7, 11) is 0. The smallest absolute Gasteiger partial charge is 0.308 e. The maximum absolute atomic E-state index is 12.9. The second-order valence-corrected chi connectivity index (χ2v) is 8.05. The molecular formula is C24H36N4O5. The van der Waals surface area contributed by atoms with Crippen molar-refractivity contribution in [1.29, 1.82) is 0 Å². The molecule has 0 saturated carbocycles. The lowest BCUT2D eigenvalue weighted by atomic mass is 10.1.